The molecule has 1 amide bonds. The van der Waals surface area contributed by atoms with Gasteiger partial charge in [0.2, 0.25) is 5.91 Å². The third-order valence-electron chi connectivity index (χ3n) is 4.06. The van der Waals surface area contributed by atoms with E-state index >= 15 is 0 Å². The van der Waals surface area contributed by atoms with Crippen molar-refractivity contribution < 1.29 is 4.79 Å². The summed E-state index contributed by atoms with van der Waals surface area (Å²) in [5.74, 6) is 1.83. The molecule has 2 saturated heterocycles. The number of halogens is 1. The molecule has 2 rings (SSSR count). The smallest absolute Gasteiger partial charge is 0.222 e. The van der Waals surface area contributed by atoms with Gasteiger partial charge < -0.3 is 10.2 Å². The van der Waals surface area contributed by atoms with Crippen LogP contribution in [0, 0.1) is 17.3 Å². The molecule has 0 bridgehead atoms. The summed E-state index contributed by atoms with van der Waals surface area (Å²) in [6.07, 6.45) is 2.91. The first kappa shape index (κ1) is 15.8. The van der Waals surface area contributed by atoms with Crippen LogP contribution < -0.4 is 5.32 Å². The summed E-state index contributed by atoms with van der Waals surface area (Å²) in [6, 6.07) is 0. The predicted octanol–water partition coefficient (Wildman–Crippen LogP) is 2.30. The van der Waals surface area contributed by atoms with Gasteiger partial charge in [0.25, 0.3) is 0 Å². The van der Waals surface area contributed by atoms with Gasteiger partial charge in [-0.2, -0.15) is 0 Å². The normalized spacial score (nSPS) is 26.9. The predicted molar refractivity (Wildman–Crippen MR) is 77.0 cm³/mol. The highest BCUT2D eigenvalue weighted by atomic mass is 35.5. The highest BCUT2D eigenvalue weighted by molar-refractivity contribution is 5.85. The quantitative estimate of drug-likeness (QED) is 0.857. The summed E-state index contributed by atoms with van der Waals surface area (Å²) in [5, 5.41) is 3.41. The molecule has 0 saturated carbocycles. The first-order chi connectivity index (χ1) is 7.96. The van der Waals surface area contributed by atoms with Gasteiger partial charge in [-0.05, 0) is 30.1 Å². The van der Waals surface area contributed by atoms with Crippen LogP contribution in [0.4, 0.5) is 0 Å². The van der Waals surface area contributed by atoms with Crippen molar-refractivity contribution >= 4 is 18.3 Å². The van der Waals surface area contributed by atoms with E-state index in [1.165, 1.54) is 0 Å². The molecule has 1 N–H and O–H groups in total. The van der Waals surface area contributed by atoms with Crippen LogP contribution in [0.3, 0.4) is 0 Å². The monoisotopic (exact) mass is 274 g/mol. The second-order valence-corrected chi connectivity index (χ2v) is 6.89. The van der Waals surface area contributed by atoms with Crippen LogP contribution >= 0.6 is 12.4 Å². The lowest BCUT2D eigenvalue weighted by Crippen LogP contribution is -2.31. The average molecular weight is 275 g/mol. The maximum atomic E-state index is 12.1. The molecule has 0 radical (unpaired) electrons. The zero-order valence-electron chi connectivity index (χ0n) is 11.9. The van der Waals surface area contributed by atoms with E-state index in [9.17, 15) is 4.79 Å². The molecule has 2 fully saturated rings. The largest absolute Gasteiger partial charge is 0.342 e. The van der Waals surface area contributed by atoms with Crippen LogP contribution in [0.2, 0.25) is 0 Å². The number of carbonyl (C=O) groups is 1. The van der Waals surface area contributed by atoms with E-state index in [1.807, 2.05) is 0 Å². The number of nitrogens with one attached hydrogen (secondary N) is 1. The van der Waals surface area contributed by atoms with Gasteiger partial charge in [-0.3, -0.25) is 4.79 Å². The Labute approximate surface area is 117 Å². The molecule has 2 heterocycles. The van der Waals surface area contributed by atoms with Crippen LogP contribution in [0.1, 0.15) is 40.0 Å². The van der Waals surface area contributed by atoms with Gasteiger partial charge >= 0.3 is 0 Å². The van der Waals surface area contributed by atoms with Gasteiger partial charge in [-0.25, -0.2) is 0 Å². The van der Waals surface area contributed by atoms with Crippen LogP contribution in [0.25, 0.3) is 0 Å². The third-order valence-corrected chi connectivity index (χ3v) is 4.06. The Hall–Kier alpha value is -0.280. The van der Waals surface area contributed by atoms with Gasteiger partial charge in [0.15, 0.2) is 0 Å². The van der Waals surface area contributed by atoms with E-state index in [-0.39, 0.29) is 12.4 Å². The molecule has 2 aliphatic rings. The Morgan fingerprint density at radius 1 is 1.22 bits per heavy atom. The summed E-state index contributed by atoms with van der Waals surface area (Å²) in [4.78, 5) is 14.2. The van der Waals surface area contributed by atoms with Crippen LogP contribution in [0.5, 0.6) is 0 Å². The number of hydrogen-bond acceptors (Lipinski definition) is 2. The second-order valence-electron chi connectivity index (χ2n) is 6.89. The highest BCUT2D eigenvalue weighted by Crippen LogP contribution is 2.27. The van der Waals surface area contributed by atoms with Crippen LogP contribution in [0.15, 0.2) is 0 Å². The standard InChI is InChI=1S/C14H26N2O.ClH/c1-14(2,3)6-4-5-13(17)16-9-11-7-15-8-12(11)10-16;/h11-12,15H,4-10H2,1-3H3;1H/t11-,12+;. The van der Waals surface area contributed by atoms with E-state index in [1.54, 1.807) is 0 Å². The first-order valence-corrected chi connectivity index (χ1v) is 6.94. The fraction of sp³-hybridized carbons (Fsp3) is 0.929. The average Bonchev–Trinajstić information content (AvgIpc) is 2.73. The molecule has 0 aromatic rings. The number of likely N-dealkylation sites (tertiary alicyclic amines) is 1. The molecule has 3 nitrogen and oxygen atoms in total. The summed E-state index contributed by atoms with van der Waals surface area (Å²) in [7, 11) is 0. The molecule has 18 heavy (non-hydrogen) atoms. The Morgan fingerprint density at radius 3 is 2.28 bits per heavy atom. The minimum atomic E-state index is 0. The van der Waals surface area contributed by atoms with E-state index in [4.69, 9.17) is 0 Å². The molecule has 0 spiro atoms. The molecular formula is C14H27ClN2O. The summed E-state index contributed by atoms with van der Waals surface area (Å²) >= 11 is 0. The molecule has 0 aromatic heterocycles. The first-order valence-electron chi connectivity index (χ1n) is 6.94. The summed E-state index contributed by atoms with van der Waals surface area (Å²) < 4.78 is 0. The van der Waals surface area contributed by atoms with Crippen molar-refractivity contribution in [2.24, 2.45) is 17.3 Å². The maximum absolute atomic E-state index is 12.1. The zero-order chi connectivity index (χ0) is 12.5. The van der Waals surface area contributed by atoms with Gasteiger partial charge in [-0.15, -0.1) is 12.4 Å². The number of carbonyl (C=O) groups excluding carboxylic acids is 1. The number of nitrogens with zero attached hydrogens (tertiary/aromatic N) is 1. The lowest BCUT2D eigenvalue weighted by Gasteiger charge is -2.20. The van der Waals surface area contributed by atoms with Gasteiger partial charge in [0.05, 0.1) is 0 Å². The maximum Gasteiger partial charge on any atom is 0.222 e. The number of amides is 1. The van der Waals surface area contributed by atoms with Crippen molar-refractivity contribution in [1.82, 2.24) is 10.2 Å². The Bertz CT molecular complexity index is 276. The van der Waals surface area contributed by atoms with E-state index in [0.29, 0.717) is 11.3 Å². The van der Waals surface area contributed by atoms with Gasteiger partial charge in [0.1, 0.15) is 0 Å². The zero-order valence-corrected chi connectivity index (χ0v) is 12.7. The summed E-state index contributed by atoms with van der Waals surface area (Å²) in [5.41, 5.74) is 0.353. The van der Waals surface area contributed by atoms with E-state index < -0.39 is 0 Å². The molecule has 0 unspecified atom stereocenters. The fourth-order valence-corrected chi connectivity index (χ4v) is 2.99. The van der Waals surface area contributed by atoms with Gasteiger partial charge in [0, 0.05) is 32.6 Å². The molecule has 4 heteroatoms. The molecular weight excluding hydrogens is 248 g/mol. The molecule has 2 atom stereocenters. The van der Waals surface area contributed by atoms with Crippen molar-refractivity contribution in [2.45, 2.75) is 40.0 Å². The Balaban J connectivity index is 0.00000162. The fourth-order valence-electron chi connectivity index (χ4n) is 2.99. The van der Waals surface area contributed by atoms with Crippen molar-refractivity contribution in [3.8, 4) is 0 Å². The number of rotatable bonds is 3. The number of hydrogen-bond donors (Lipinski definition) is 1. The van der Waals surface area contributed by atoms with Gasteiger partial charge in [-0.1, -0.05) is 20.8 Å². The lowest BCUT2D eigenvalue weighted by atomic mass is 9.90. The van der Waals surface area contributed by atoms with Crippen molar-refractivity contribution in [3.05, 3.63) is 0 Å². The minimum absolute atomic E-state index is 0. The SMILES string of the molecule is CC(C)(C)CCCC(=O)N1C[C@H]2CNC[C@H]2C1.Cl. The molecule has 2 aliphatic heterocycles. The summed E-state index contributed by atoms with van der Waals surface area (Å²) in [6.45, 7) is 10.9. The van der Waals surface area contributed by atoms with Crippen molar-refractivity contribution in [3.63, 3.8) is 0 Å². The Kier molecular flexibility index (Phi) is 5.47. The third kappa shape index (κ3) is 4.13. The lowest BCUT2D eigenvalue weighted by molar-refractivity contribution is -0.130. The van der Waals surface area contributed by atoms with Crippen LogP contribution in [-0.2, 0) is 4.79 Å². The van der Waals surface area contributed by atoms with Crippen molar-refractivity contribution in [2.75, 3.05) is 26.2 Å². The highest BCUT2D eigenvalue weighted by Gasteiger charge is 2.37. The molecule has 0 aromatic carbocycles. The Morgan fingerprint density at radius 2 is 1.78 bits per heavy atom. The van der Waals surface area contributed by atoms with E-state index in [0.717, 1.165) is 57.3 Å². The van der Waals surface area contributed by atoms with Crippen LogP contribution in [-0.4, -0.2) is 37.0 Å². The minimum Gasteiger partial charge on any atom is -0.342 e. The van der Waals surface area contributed by atoms with E-state index in [2.05, 4.69) is 31.0 Å². The molecule has 106 valence electrons. The van der Waals surface area contributed by atoms with Crippen molar-refractivity contribution in [1.29, 1.82) is 0 Å². The molecule has 0 aliphatic carbocycles. The number of fused-ring (bicyclic) bond motifs is 1. The second kappa shape index (κ2) is 6.25. The topological polar surface area (TPSA) is 32.3 Å².